The van der Waals surface area contributed by atoms with Crippen molar-refractivity contribution in [1.82, 2.24) is 4.98 Å². The summed E-state index contributed by atoms with van der Waals surface area (Å²) in [4.78, 5) is 4.52. The lowest BCUT2D eigenvalue weighted by atomic mass is 10.1. The fourth-order valence-electron chi connectivity index (χ4n) is 2.38. The van der Waals surface area contributed by atoms with Crippen LogP contribution >= 0.6 is 11.3 Å². The Balaban J connectivity index is 1.78. The fourth-order valence-corrected chi connectivity index (χ4v) is 3.09. The zero-order valence-corrected chi connectivity index (χ0v) is 14.2. The number of benzene rings is 2. The van der Waals surface area contributed by atoms with E-state index in [0.29, 0.717) is 23.6 Å². The predicted octanol–water partition coefficient (Wildman–Crippen LogP) is 4.58. The lowest BCUT2D eigenvalue weighted by Gasteiger charge is -2.08. The largest absolute Gasteiger partial charge is 0.496 e. The molecule has 0 aliphatic carbocycles. The monoisotopic (exact) mass is 344 g/mol. The zero-order chi connectivity index (χ0) is 16.9. The van der Waals surface area contributed by atoms with Gasteiger partial charge in [0.2, 0.25) is 0 Å². The molecule has 0 fully saturated rings. The van der Waals surface area contributed by atoms with Crippen LogP contribution in [0.15, 0.2) is 47.8 Å². The first kappa shape index (κ1) is 16.3. The number of para-hydroxylation sites is 1. The van der Waals surface area contributed by atoms with Gasteiger partial charge >= 0.3 is 0 Å². The van der Waals surface area contributed by atoms with E-state index in [1.165, 1.54) is 23.5 Å². The molecular weight excluding hydrogens is 327 g/mol. The molecule has 24 heavy (non-hydrogen) atoms. The van der Waals surface area contributed by atoms with Crippen LogP contribution in [0.5, 0.6) is 11.5 Å². The summed E-state index contributed by atoms with van der Waals surface area (Å²) < 4.78 is 24.1. The summed E-state index contributed by atoms with van der Waals surface area (Å²) in [5.41, 5.74) is 2.36. The molecule has 2 aromatic carbocycles. The number of aromatic nitrogens is 1. The van der Waals surface area contributed by atoms with Crippen LogP contribution in [0.1, 0.15) is 5.56 Å². The first-order valence-corrected chi connectivity index (χ1v) is 8.24. The van der Waals surface area contributed by atoms with Crippen molar-refractivity contribution in [2.75, 3.05) is 19.5 Å². The van der Waals surface area contributed by atoms with Gasteiger partial charge in [0, 0.05) is 23.1 Å². The van der Waals surface area contributed by atoms with Gasteiger partial charge < -0.3 is 14.8 Å². The highest BCUT2D eigenvalue weighted by Gasteiger charge is 2.11. The number of methoxy groups -OCH3 is 2. The number of thiazole rings is 1. The molecule has 1 N–H and O–H groups in total. The van der Waals surface area contributed by atoms with E-state index in [2.05, 4.69) is 10.3 Å². The number of halogens is 1. The van der Waals surface area contributed by atoms with E-state index in [-0.39, 0.29) is 5.82 Å². The molecule has 0 atom stereocenters. The molecule has 0 saturated carbocycles. The van der Waals surface area contributed by atoms with Gasteiger partial charge in [-0.15, -0.1) is 11.3 Å². The quantitative estimate of drug-likeness (QED) is 0.711. The van der Waals surface area contributed by atoms with Gasteiger partial charge in [-0.05, 0) is 24.3 Å². The summed E-state index contributed by atoms with van der Waals surface area (Å²) in [7, 11) is 3.21. The van der Waals surface area contributed by atoms with Crippen molar-refractivity contribution < 1.29 is 13.9 Å². The Labute approximate surface area is 143 Å². The molecule has 1 aromatic heterocycles. The van der Waals surface area contributed by atoms with Gasteiger partial charge in [0.1, 0.15) is 17.3 Å². The molecule has 3 rings (SSSR count). The van der Waals surface area contributed by atoms with Crippen LogP contribution in [-0.2, 0) is 6.54 Å². The minimum atomic E-state index is -0.317. The third-order valence-electron chi connectivity index (χ3n) is 3.56. The summed E-state index contributed by atoms with van der Waals surface area (Å²) >= 11 is 1.46. The fraction of sp³-hybridized carbons (Fsp3) is 0.167. The molecule has 0 radical (unpaired) electrons. The Kier molecular flexibility index (Phi) is 4.96. The molecule has 0 spiro atoms. The van der Waals surface area contributed by atoms with Gasteiger partial charge in [-0.25, -0.2) is 9.37 Å². The lowest BCUT2D eigenvalue weighted by Crippen LogP contribution is -2.01. The normalized spacial score (nSPS) is 10.5. The molecular formula is C18H17FN2O2S. The topological polar surface area (TPSA) is 43.4 Å². The van der Waals surface area contributed by atoms with Crippen LogP contribution in [0.2, 0.25) is 0 Å². The van der Waals surface area contributed by atoms with Crippen molar-refractivity contribution in [3.8, 4) is 22.8 Å². The van der Waals surface area contributed by atoms with E-state index in [9.17, 15) is 4.39 Å². The van der Waals surface area contributed by atoms with Gasteiger partial charge in [-0.1, -0.05) is 18.2 Å². The van der Waals surface area contributed by atoms with E-state index >= 15 is 0 Å². The molecule has 0 bridgehead atoms. The van der Waals surface area contributed by atoms with Crippen molar-refractivity contribution in [2.45, 2.75) is 6.54 Å². The van der Waals surface area contributed by atoms with E-state index in [1.54, 1.807) is 20.3 Å². The summed E-state index contributed by atoms with van der Waals surface area (Å²) in [5, 5.41) is 5.90. The van der Waals surface area contributed by atoms with Crippen molar-refractivity contribution >= 4 is 16.5 Å². The van der Waals surface area contributed by atoms with Crippen molar-refractivity contribution in [3.05, 3.63) is 59.2 Å². The van der Waals surface area contributed by atoms with Crippen LogP contribution in [-0.4, -0.2) is 19.2 Å². The number of hydrogen-bond acceptors (Lipinski definition) is 5. The standard InChI is InChI=1S/C18H17FN2O2S/c1-22-16-6-4-3-5-12(16)10-20-18-21-15(11-24-18)14-9-13(19)7-8-17(14)23-2/h3-9,11H,10H2,1-2H3,(H,20,21). The number of nitrogens with zero attached hydrogens (tertiary/aromatic N) is 1. The summed E-state index contributed by atoms with van der Waals surface area (Å²) in [6.45, 7) is 0.594. The maximum absolute atomic E-state index is 13.5. The van der Waals surface area contributed by atoms with Crippen molar-refractivity contribution in [2.24, 2.45) is 0 Å². The maximum atomic E-state index is 13.5. The van der Waals surface area contributed by atoms with Crippen LogP contribution in [0, 0.1) is 5.82 Å². The number of hydrogen-bond donors (Lipinski definition) is 1. The van der Waals surface area contributed by atoms with E-state index in [4.69, 9.17) is 9.47 Å². The highest BCUT2D eigenvalue weighted by atomic mass is 32.1. The highest BCUT2D eigenvalue weighted by molar-refractivity contribution is 7.14. The first-order chi connectivity index (χ1) is 11.7. The minimum Gasteiger partial charge on any atom is -0.496 e. The second kappa shape index (κ2) is 7.31. The molecule has 0 amide bonds. The Bertz CT molecular complexity index is 835. The molecule has 0 saturated heterocycles. The van der Waals surface area contributed by atoms with Crippen molar-refractivity contribution in [3.63, 3.8) is 0 Å². The zero-order valence-electron chi connectivity index (χ0n) is 13.4. The molecule has 0 aliphatic rings. The van der Waals surface area contributed by atoms with E-state index in [1.807, 2.05) is 29.6 Å². The maximum Gasteiger partial charge on any atom is 0.183 e. The molecule has 0 unspecified atom stereocenters. The van der Waals surface area contributed by atoms with Gasteiger partial charge in [0.15, 0.2) is 5.13 Å². The molecule has 124 valence electrons. The van der Waals surface area contributed by atoms with Crippen LogP contribution in [0.25, 0.3) is 11.3 Å². The van der Waals surface area contributed by atoms with Gasteiger partial charge in [0.25, 0.3) is 0 Å². The van der Waals surface area contributed by atoms with Crippen LogP contribution in [0.4, 0.5) is 9.52 Å². The van der Waals surface area contributed by atoms with Gasteiger partial charge in [-0.3, -0.25) is 0 Å². The Morgan fingerprint density at radius 1 is 1.08 bits per heavy atom. The van der Waals surface area contributed by atoms with Crippen molar-refractivity contribution in [1.29, 1.82) is 0 Å². The molecule has 0 aliphatic heterocycles. The Morgan fingerprint density at radius 2 is 1.88 bits per heavy atom. The Morgan fingerprint density at radius 3 is 2.67 bits per heavy atom. The second-order valence-electron chi connectivity index (χ2n) is 5.05. The van der Waals surface area contributed by atoms with E-state index in [0.717, 1.165) is 16.4 Å². The molecule has 3 aromatic rings. The number of ether oxygens (including phenoxy) is 2. The number of anilines is 1. The average molecular weight is 344 g/mol. The summed E-state index contributed by atoms with van der Waals surface area (Å²) in [6.07, 6.45) is 0. The third kappa shape index (κ3) is 3.49. The smallest absolute Gasteiger partial charge is 0.183 e. The summed E-state index contributed by atoms with van der Waals surface area (Å²) in [6, 6.07) is 12.2. The lowest BCUT2D eigenvalue weighted by molar-refractivity contribution is 0.410. The van der Waals surface area contributed by atoms with Gasteiger partial charge in [-0.2, -0.15) is 0 Å². The van der Waals surface area contributed by atoms with Crippen LogP contribution < -0.4 is 14.8 Å². The van der Waals surface area contributed by atoms with Crippen LogP contribution in [0.3, 0.4) is 0 Å². The van der Waals surface area contributed by atoms with Gasteiger partial charge in [0.05, 0.1) is 19.9 Å². The molecule has 6 heteroatoms. The number of nitrogens with one attached hydrogen (secondary N) is 1. The predicted molar refractivity (Wildman–Crippen MR) is 94.4 cm³/mol. The highest BCUT2D eigenvalue weighted by Crippen LogP contribution is 2.33. The third-order valence-corrected chi connectivity index (χ3v) is 4.36. The molecule has 4 nitrogen and oxygen atoms in total. The minimum absolute atomic E-state index is 0.317. The first-order valence-electron chi connectivity index (χ1n) is 7.36. The SMILES string of the molecule is COc1ccccc1CNc1nc(-c2cc(F)ccc2OC)cs1. The average Bonchev–Trinajstić information content (AvgIpc) is 3.09. The Hall–Kier alpha value is -2.60. The summed E-state index contributed by atoms with van der Waals surface area (Å²) in [5.74, 6) is 1.11. The second-order valence-corrected chi connectivity index (χ2v) is 5.91. The number of rotatable bonds is 6. The van der Waals surface area contributed by atoms with E-state index < -0.39 is 0 Å². The molecule has 1 heterocycles.